The lowest BCUT2D eigenvalue weighted by Crippen LogP contribution is -2.52. The Kier molecular flexibility index (Phi) is 10.8. The highest BCUT2D eigenvalue weighted by molar-refractivity contribution is 7.92. The monoisotopic (exact) mass is 561 g/mol. The second kappa shape index (κ2) is 14.1. The van der Waals surface area contributed by atoms with Crippen molar-refractivity contribution in [2.45, 2.75) is 52.6 Å². The van der Waals surface area contributed by atoms with E-state index in [0.717, 1.165) is 22.7 Å². The number of amides is 2. The van der Waals surface area contributed by atoms with Crippen molar-refractivity contribution in [3.63, 3.8) is 0 Å². The molecule has 0 spiro atoms. The van der Waals surface area contributed by atoms with E-state index < -0.39 is 28.5 Å². The van der Waals surface area contributed by atoms with E-state index in [4.69, 9.17) is 14.2 Å². The van der Waals surface area contributed by atoms with Gasteiger partial charge in [-0.05, 0) is 49.6 Å². The number of nitrogens with one attached hydrogen (secondary N) is 1. The first-order valence-electron chi connectivity index (χ1n) is 13.3. The molecule has 2 aromatic carbocycles. The smallest absolute Gasteiger partial charge is 0.244 e. The quantitative estimate of drug-likeness (QED) is 0.352. The summed E-state index contributed by atoms with van der Waals surface area (Å²) in [6.45, 7) is 6.26. The van der Waals surface area contributed by atoms with Gasteiger partial charge in [0, 0.05) is 19.2 Å². The highest BCUT2D eigenvalue weighted by Gasteiger charge is 2.33. The standard InChI is InChI=1S/C28H39N3O7S/c1-5-8-14-29-28(33)24(6-2)30(19-21-10-9-11-23(17-21)36-4)27(32)20-31(39(34,35)7-3)22-12-13-25-26(18-22)38-16-15-37-25/h9-13,17-18,24H,5-8,14-16,19-20H2,1-4H3,(H,29,33)/t24-/m1/s1. The van der Waals surface area contributed by atoms with Crippen LogP contribution in [0.3, 0.4) is 0 Å². The van der Waals surface area contributed by atoms with Gasteiger partial charge in [0.25, 0.3) is 0 Å². The van der Waals surface area contributed by atoms with Gasteiger partial charge in [0.15, 0.2) is 11.5 Å². The van der Waals surface area contributed by atoms with E-state index >= 15 is 0 Å². The molecular weight excluding hydrogens is 522 g/mol. The van der Waals surface area contributed by atoms with Gasteiger partial charge in [-0.2, -0.15) is 0 Å². The fraction of sp³-hybridized carbons (Fsp3) is 0.500. The molecule has 2 amide bonds. The zero-order chi connectivity index (χ0) is 28.4. The third-order valence-corrected chi connectivity index (χ3v) is 8.24. The van der Waals surface area contributed by atoms with Crippen molar-refractivity contribution in [3.05, 3.63) is 48.0 Å². The van der Waals surface area contributed by atoms with Crippen molar-refractivity contribution in [3.8, 4) is 17.2 Å². The summed E-state index contributed by atoms with van der Waals surface area (Å²) in [4.78, 5) is 28.6. The summed E-state index contributed by atoms with van der Waals surface area (Å²) in [6, 6.07) is 11.2. The summed E-state index contributed by atoms with van der Waals surface area (Å²) in [5, 5.41) is 2.92. The van der Waals surface area contributed by atoms with Gasteiger partial charge in [-0.3, -0.25) is 13.9 Å². The third kappa shape index (κ3) is 7.78. The first kappa shape index (κ1) is 30.1. The number of methoxy groups -OCH3 is 1. The minimum atomic E-state index is -3.85. The molecule has 1 aliphatic rings. The Morgan fingerprint density at radius 2 is 1.79 bits per heavy atom. The maximum Gasteiger partial charge on any atom is 0.244 e. The Morgan fingerprint density at radius 1 is 1.05 bits per heavy atom. The van der Waals surface area contributed by atoms with Gasteiger partial charge in [0.1, 0.15) is 31.5 Å². The van der Waals surface area contributed by atoms with Crippen LogP contribution < -0.4 is 23.8 Å². The van der Waals surface area contributed by atoms with Gasteiger partial charge >= 0.3 is 0 Å². The average Bonchev–Trinajstić information content (AvgIpc) is 2.95. The average molecular weight is 562 g/mol. The minimum absolute atomic E-state index is 0.108. The van der Waals surface area contributed by atoms with Crippen LogP contribution in [-0.2, 0) is 26.2 Å². The van der Waals surface area contributed by atoms with Crippen molar-refractivity contribution in [1.82, 2.24) is 10.2 Å². The van der Waals surface area contributed by atoms with Crippen molar-refractivity contribution >= 4 is 27.5 Å². The predicted octanol–water partition coefficient (Wildman–Crippen LogP) is 3.35. The molecular formula is C28H39N3O7S. The van der Waals surface area contributed by atoms with E-state index in [1.807, 2.05) is 26.0 Å². The lowest BCUT2D eigenvalue weighted by Gasteiger charge is -2.33. The van der Waals surface area contributed by atoms with Gasteiger partial charge in [-0.1, -0.05) is 32.4 Å². The molecule has 0 aliphatic carbocycles. The van der Waals surface area contributed by atoms with Crippen LogP contribution in [0.1, 0.15) is 45.6 Å². The lowest BCUT2D eigenvalue weighted by atomic mass is 10.1. The van der Waals surface area contributed by atoms with E-state index in [1.165, 1.54) is 11.8 Å². The Labute approximate surface area is 231 Å². The molecule has 1 N–H and O–H groups in total. The lowest BCUT2D eigenvalue weighted by molar-refractivity contribution is -0.140. The first-order chi connectivity index (χ1) is 18.7. The second-order valence-electron chi connectivity index (χ2n) is 9.18. The van der Waals surface area contributed by atoms with E-state index in [-0.39, 0.29) is 23.9 Å². The molecule has 10 nitrogen and oxygen atoms in total. The molecule has 0 unspecified atom stereocenters. The second-order valence-corrected chi connectivity index (χ2v) is 11.4. The van der Waals surface area contributed by atoms with Crippen molar-refractivity contribution in [2.24, 2.45) is 0 Å². The molecule has 0 saturated heterocycles. The minimum Gasteiger partial charge on any atom is -0.497 e. The molecule has 0 saturated carbocycles. The molecule has 1 heterocycles. The summed E-state index contributed by atoms with van der Waals surface area (Å²) in [7, 11) is -2.30. The van der Waals surface area contributed by atoms with Gasteiger partial charge < -0.3 is 24.4 Å². The van der Waals surface area contributed by atoms with E-state index in [2.05, 4.69) is 5.32 Å². The molecule has 39 heavy (non-hydrogen) atoms. The molecule has 0 aromatic heterocycles. The molecule has 11 heteroatoms. The normalized spacial score (nSPS) is 13.3. The summed E-state index contributed by atoms with van der Waals surface area (Å²) >= 11 is 0. The summed E-state index contributed by atoms with van der Waals surface area (Å²) < 4.78 is 44.0. The number of fused-ring (bicyclic) bond motifs is 1. The Balaban J connectivity index is 1.96. The molecule has 2 aromatic rings. The number of anilines is 1. The molecule has 1 aliphatic heterocycles. The fourth-order valence-corrected chi connectivity index (χ4v) is 5.35. The number of ether oxygens (including phenoxy) is 3. The predicted molar refractivity (Wildman–Crippen MR) is 150 cm³/mol. The van der Waals surface area contributed by atoms with Crippen LogP contribution in [0.5, 0.6) is 17.2 Å². The Hall–Kier alpha value is -3.47. The van der Waals surface area contributed by atoms with Crippen LogP contribution in [0, 0.1) is 0 Å². The number of hydrogen-bond donors (Lipinski definition) is 1. The molecule has 3 rings (SSSR count). The molecule has 0 radical (unpaired) electrons. The van der Waals surface area contributed by atoms with E-state index in [0.29, 0.717) is 43.4 Å². The number of sulfonamides is 1. The zero-order valence-corrected chi connectivity index (χ0v) is 24.0. The van der Waals surface area contributed by atoms with Crippen molar-refractivity contribution in [2.75, 3.05) is 43.5 Å². The maximum absolute atomic E-state index is 13.9. The summed E-state index contributed by atoms with van der Waals surface area (Å²) in [6.07, 6.45) is 2.10. The highest BCUT2D eigenvalue weighted by atomic mass is 32.2. The maximum atomic E-state index is 13.9. The summed E-state index contributed by atoms with van der Waals surface area (Å²) in [5.74, 6) is 0.567. The van der Waals surface area contributed by atoms with Crippen LogP contribution in [0.25, 0.3) is 0 Å². The van der Waals surface area contributed by atoms with Crippen LogP contribution >= 0.6 is 0 Å². The van der Waals surface area contributed by atoms with Crippen molar-refractivity contribution < 1.29 is 32.2 Å². The number of rotatable bonds is 14. The van der Waals surface area contributed by atoms with Crippen LogP contribution in [0.4, 0.5) is 5.69 Å². The van der Waals surface area contributed by atoms with Crippen LogP contribution in [0.2, 0.25) is 0 Å². The SMILES string of the molecule is CCCCNC(=O)[C@@H](CC)N(Cc1cccc(OC)c1)C(=O)CN(c1ccc2c(c1)OCCO2)S(=O)(=O)CC. The molecule has 1 atom stereocenters. The Morgan fingerprint density at radius 3 is 2.46 bits per heavy atom. The van der Waals surface area contributed by atoms with Gasteiger partial charge in [0.05, 0.1) is 18.6 Å². The van der Waals surface area contributed by atoms with E-state index in [1.54, 1.807) is 37.4 Å². The van der Waals surface area contributed by atoms with Crippen LogP contribution in [-0.4, -0.2) is 70.3 Å². The largest absolute Gasteiger partial charge is 0.497 e. The highest BCUT2D eigenvalue weighted by Crippen LogP contribution is 2.35. The summed E-state index contributed by atoms with van der Waals surface area (Å²) in [5.41, 5.74) is 1.04. The van der Waals surface area contributed by atoms with Crippen molar-refractivity contribution in [1.29, 1.82) is 0 Å². The van der Waals surface area contributed by atoms with E-state index in [9.17, 15) is 18.0 Å². The molecule has 0 fully saturated rings. The number of hydrogen-bond acceptors (Lipinski definition) is 7. The zero-order valence-electron chi connectivity index (χ0n) is 23.1. The number of nitrogens with zero attached hydrogens (tertiary/aromatic N) is 2. The topological polar surface area (TPSA) is 114 Å². The number of unbranched alkanes of at least 4 members (excludes halogenated alkanes) is 1. The molecule has 214 valence electrons. The number of carbonyl (C=O) groups is 2. The number of carbonyl (C=O) groups excluding carboxylic acids is 2. The Bertz CT molecular complexity index is 1240. The first-order valence-corrected chi connectivity index (χ1v) is 14.9. The third-order valence-electron chi connectivity index (χ3n) is 6.50. The van der Waals surface area contributed by atoms with Gasteiger partial charge in [-0.25, -0.2) is 8.42 Å². The van der Waals surface area contributed by atoms with Crippen LogP contribution in [0.15, 0.2) is 42.5 Å². The number of benzene rings is 2. The molecule has 0 bridgehead atoms. The fourth-order valence-electron chi connectivity index (χ4n) is 4.30. The van der Waals surface area contributed by atoms with Gasteiger partial charge in [-0.15, -0.1) is 0 Å². The van der Waals surface area contributed by atoms with Gasteiger partial charge in [0.2, 0.25) is 21.8 Å².